The van der Waals surface area contributed by atoms with E-state index in [0.29, 0.717) is 5.25 Å². The quantitative estimate of drug-likeness (QED) is 0.825. The van der Waals surface area contributed by atoms with Crippen LogP contribution in [0.5, 0.6) is 0 Å². The summed E-state index contributed by atoms with van der Waals surface area (Å²) in [5.41, 5.74) is 0. The second-order valence-corrected chi connectivity index (χ2v) is 6.55. The van der Waals surface area contributed by atoms with Crippen molar-refractivity contribution in [3.05, 3.63) is 28.7 Å². The molecule has 16 heavy (non-hydrogen) atoms. The predicted molar refractivity (Wildman–Crippen MR) is 72.9 cm³/mol. The minimum Gasteiger partial charge on any atom is -0.392 e. The summed E-state index contributed by atoms with van der Waals surface area (Å²) in [4.78, 5) is 1.25. The van der Waals surface area contributed by atoms with E-state index in [2.05, 4.69) is 34.1 Å². The molecule has 0 heterocycles. The van der Waals surface area contributed by atoms with Crippen LogP contribution >= 0.6 is 27.7 Å². The Labute approximate surface area is 110 Å². The molecule has 0 spiro atoms. The molecule has 1 aliphatic rings. The highest BCUT2D eigenvalue weighted by molar-refractivity contribution is 9.10. The normalized spacial score (nSPS) is 26.4. The molecule has 0 aliphatic heterocycles. The van der Waals surface area contributed by atoms with E-state index in [0.717, 1.165) is 17.3 Å². The van der Waals surface area contributed by atoms with Crippen molar-refractivity contribution in [3.63, 3.8) is 0 Å². The van der Waals surface area contributed by atoms with E-state index in [1.54, 1.807) is 0 Å². The third-order valence-electron chi connectivity index (χ3n) is 3.00. The number of thioether (sulfide) groups is 1. The standard InChI is InChI=1S/C13H17BrOS/c14-10-5-4-6-11(9-10)16-13-8-3-1-2-7-12(13)15/h4-6,9,12-13,15H,1-3,7-8H2. The lowest BCUT2D eigenvalue weighted by molar-refractivity contribution is 0.163. The summed E-state index contributed by atoms with van der Waals surface area (Å²) < 4.78 is 1.11. The Bertz CT molecular complexity index is 342. The largest absolute Gasteiger partial charge is 0.392 e. The van der Waals surface area contributed by atoms with E-state index >= 15 is 0 Å². The summed E-state index contributed by atoms with van der Waals surface area (Å²) in [6.07, 6.45) is 5.67. The van der Waals surface area contributed by atoms with Crippen LogP contribution in [0.4, 0.5) is 0 Å². The van der Waals surface area contributed by atoms with Crippen LogP contribution in [0.3, 0.4) is 0 Å². The van der Waals surface area contributed by atoms with E-state index in [-0.39, 0.29) is 6.10 Å². The van der Waals surface area contributed by atoms with Crippen molar-refractivity contribution in [2.45, 2.75) is 48.4 Å². The first-order valence-corrected chi connectivity index (χ1v) is 7.53. The van der Waals surface area contributed by atoms with Crippen LogP contribution in [0, 0.1) is 0 Å². The number of halogens is 1. The maximum atomic E-state index is 10.0. The van der Waals surface area contributed by atoms with Gasteiger partial charge in [-0.1, -0.05) is 41.3 Å². The average Bonchev–Trinajstić information content (AvgIpc) is 2.45. The first-order valence-electron chi connectivity index (χ1n) is 5.86. The third kappa shape index (κ3) is 3.51. The Morgan fingerprint density at radius 2 is 2.00 bits per heavy atom. The van der Waals surface area contributed by atoms with Crippen molar-refractivity contribution in [1.82, 2.24) is 0 Å². The van der Waals surface area contributed by atoms with Gasteiger partial charge in [0.15, 0.2) is 0 Å². The molecule has 0 bridgehead atoms. The molecule has 1 N–H and O–H groups in total. The van der Waals surface area contributed by atoms with Gasteiger partial charge in [-0.05, 0) is 31.0 Å². The molecule has 0 saturated heterocycles. The summed E-state index contributed by atoms with van der Waals surface area (Å²) in [7, 11) is 0. The zero-order valence-electron chi connectivity index (χ0n) is 9.23. The fourth-order valence-corrected chi connectivity index (χ4v) is 3.94. The molecule has 0 radical (unpaired) electrons. The lowest BCUT2D eigenvalue weighted by Gasteiger charge is -2.19. The van der Waals surface area contributed by atoms with E-state index in [1.165, 1.54) is 24.2 Å². The zero-order chi connectivity index (χ0) is 11.4. The van der Waals surface area contributed by atoms with Gasteiger partial charge in [0.25, 0.3) is 0 Å². The molecule has 1 aromatic carbocycles. The molecule has 88 valence electrons. The fourth-order valence-electron chi connectivity index (χ4n) is 2.11. The zero-order valence-corrected chi connectivity index (χ0v) is 11.6. The summed E-state index contributed by atoms with van der Waals surface area (Å²) in [6.45, 7) is 0. The molecule has 2 rings (SSSR count). The smallest absolute Gasteiger partial charge is 0.0662 e. The van der Waals surface area contributed by atoms with Crippen LogP contribution < -0.4 is 0 Å². The molecule has 1 saturated carbocycles. The topological polar surface area (TPSA) is 20.2 Å². The summed E-state index contributed by atoms with van der Waals surface area (Å²) in [5, 5.41) is 10.4. The Morgan fingerprint density at radius 1 is 1.19 bits per heavy atom. The van der Waals surface area contributed by atoms with Gasteiger partial charge in [-0.15, -0.1) is 11.8 Å². The summed E-state index contributed by atoms with van der Waals surface area (Å²) in [5.74, 6) is 0. The minimum atomic E-state index is -0.133. The molecule has 2 atom stereocenters. The highest BCUT2D eigenvalue weighted by Crippen LogP contribution is 2.33. The van der Waals surface area contributed by atoms with Crippen molar-refractivity contribution in [1.29, 1.82) is 0 Å². The van der Waals surface area contributed by atoms with Crippen LogP contribution in [0.15, 0.2) is 33.6 Å². The molecule has 1 nitrogen and oxygen atoms in total. The number of aliphatic hydroxyl groups excluding tert-OH is 1. The van der Waals surface area contributed by atoms with Gasteiger partial charge < -0.3 is 5.11 Å². The van der Waals surface area contributed by atoms with E-state index < -0.39 is 0 Å². The second kappa shape index (κ2) is 6.08. The highest BCUT2D eigenvalue weighted by atomic mass is 79.9. The van der Waals surface area contributed by atoms with Crippen molar-refractivity contribution in [2.24, 2.45) is 0 Å². The lowest BCUT2D eigenvalue weighted by Crippen LogP contribution is -2.21. The fraction of sp³-hybridized carbons (Fsp3) is 0.538. The number of aliphatic hydroxyl groups is 1. The highest BCUT2D eigenvalue weighted by Gasteiger charge is 2.22. The van der Waals surface area contributed by atoms with Crippen molar-refractivity contribution in [3.8, 4) is 0 Å². The van der Waals surface area contributed by atoms with Gasteiger partial charge >= 0.3 is 0 Å². The summed E-state index contributed by atoms with van der Waals surface area (Å²) in [6, 6.07) is 8.33. The monoisotopic (exact) mass is 300 g/mol. The lowest BCUT2D eigenvalue weighted by atomic mass is 10.1. The van der Waals surface area contributed by atoms with E-state index in [9.17, 15) is 5.11 Å². The molecule has 1 aromatic rings. The molecule has 1 aliphatic carbocycles. The Morgan fingerprint density at radius 3 is 2.81 bits per heavy atom. The van der Waals surface area contributed by atoms with Crippen molar-refractivity contribution < 1.29 is 5.11 Å². The molecule has 1 fully saturated rings. The van der Waals surface area contributed by atoms with Gasteiger partial charge in [0, 0.05) is 14.6 Å². The Balaban J connectivity index is 2.02. The van der Waals surface area contributed by atoms with Gasteiger partial charge in [-0.2, -0.15) is 0 Å². The van der Waals surface area contributed by atoms with Gasteiger partial charge in [0.1, 0.15) is 0 Å². The van der Waals surface area contributed by atoms with E-state index in [1.807, 2.05) is 17.8 Å². The first-order chi connectivity index (χ1) is 7.75. The van der Waals surface area contributed by atoms with Crippen LogP contribution in [0.2, 0.25) is 0 Å². The number of hydrogen-bond donors (Lipinski definition) is 1. The van der Waals surface area contributed by atoms with Gasteiger partial charge in [-0.3, -0.25) is 0 Å². The second-order valence-electron chi connectivity index (χ2n) is 4.32. The van der Waals surface area contributed by atoms with Gasteiger partial charge in [-0.25, -0.2) is 0 Å². The SMILES string of the molecule is OC1CCCCCC1Sc1cccc(Br)c1. The average molecular weight is 301 g/mol. The van der Waals surface area contributed by atoms with Crippen LogP contribution in [-0.2, 0) is 0 Å². The number of rotatable bonds is 2. The predicted octanol–water partition coefficient (Wildman–Crippen LogP) is 4.23. The first kappa shape index (κ1) is 12.5. The Hall–Kier alpha value is 0.01000. The Kier molecular flexibility index (Phi) is 4.74. The molecule has 0 aromatic heterocycles. The van der Waals surface area contributed by atoms with Gasteiger partial charge in [0.2, 0.25) is 0 Å². The molecule has 2 unspecified atom stereocenters. The molecular weight excluding hydrogens is 284 g/mol. The molecule has 0 amide bonds. The molecule has 3 heteroatoms. The maximum Gasteiger partial charge on any atom is 0.0662 e. The molecular formula is C13H17BrOS. The maximum absolute atomic E-state index is 10.0. The van der Waals surface area contributed by atoms with Crippen LogP contribution in [0.1, 0.15) is 32.1 Å². The van der Waals surface area contributed by atoms with Crippen LogP contribution in [-0.4, -0.2) is 16.5 Å². The number of benzene rings is 1. The van der Waals surface area contributed by atoms with Crippen LogP contribution in [0.25, 0.3) is 0 Å². The van der Waals surface area contributed by atoms with E-state index in [4.69, 9.17) is 0 Å². The summed E-state index contributed by atoms with van der Waals surface area (Å²) >= 11 is 5.30. The third-order valence-corrected chi connectivity index (χ3v) is 4.87. The van der Waals surface area contributed by atoms with Gasteiger partial charge in [0.05, 0.1) is 6.10 Å². The number of hydrogen-bond acceptors (Lipinski definition) is 2. The van der Waals surface area contributed by atoms with Crippen molar-refractivity contribution in [2.75, 3.05) is 0 Å². The van der Waals surface area contributed by atoms with Crippen molar-refractivity contribution >= 4 is 27.7 Å². The minimum absolute atomic E-state index is 0.133.